The second-order valence-corrected chi connectivity index (χ2v) is 13.3. The lowest BCUT2D eigenvalue weighted by Crippen LogP contribution is -2.51. The molecule has 0 unspecified atom stereocenters. The molecule has 4 atom stereocenters. The maximum Gasteiger partial charge on any atom is 0.264 e. The van der Waals surface area contributed by atoms with Crippen LogP contribution in [0.2, 0.25) is 0 Å². The highest BCUT2D eigenvalue weighted by Gasteiger charge is 2.41. The van der Waals surface area contributed by atoms with E-state index in [0.29, 0.717) is 12.8 Å². The van der Waals surface area contributed by atoms with Crippen molar-refractivity contribution in [2.75, 3.05) is 19.1 Å². The molecule has 11 heteroatoms. The van der Waals surface area contributed by atoms with Gasteiger partial charge in [-0.3, -0.25) is 8.37 Å². The third-order valence-electron chi connectivity index (χ3n) is 6.34. The normalized spacial score (nSPS) is 14.9. The maximum absolute atomic E-state index is 12.7. The predicted octanol–water partition coefficient (Wildman–Crippen LogP) is 5.03. The van der Waals surface area contributed by atoms with Gasteiger partial charge in [0.1, 0.15) is 18.3 Å². The van der Waals surface area contributed by atoms with Gasteiger partial charge in [0.2, 0.25) is 0 Å². The summed E-state index contributed by atoms with van der Waals surface area (Å²) in [6.07, 6.45) is 0.171. The molecule has 234 valence electrons. The molecule has 0 radical (unpaired) electrons. The van der Waals surface area contributed by atoms with Crippen LogP contribution < -0.4 is 0 Å². The van der Waals surface area contributed by atoms with Crippen LogP contribution in [0.25, 0.3) is 0 Å². The molecule has 0 saturated carbocycles. The van der Waals surface area contributed by atoms with Gasteiger partial charge < -0.3 is 14.2 Å². The zero-order chi connectivity index (χ0) is 31.1. The Bertz CT molecular complexity index is 1430. The zero-order valence-corrected chi connectivity index (χ0v) is 26.1. The monoisotopic (exact) mass is 632 g/mol. The Morgan fingerprint density at radius 1 is 0.628 bits per heavy atom. The van der Waals surface area contributed by atoms with Gasteiger partial charge in [-0.15, -0.1) is 6.58 Å². The lowest BCUT2D eigenvalue weighted by Gasteiger charge is -2.36. The van der Waals surface area contributed by atoms with Crippen molar-refractivity contribution in [3.8, 4) is 0 Å². The molecule has 43 heavy (non-hydrogen) atoms. The van der Waals surface area contributed by atoms with Gasteiger partial charge in [-0.25, -0.2) is 0 Å². The third-order valence-corrected chi connectivity index (χ3v) is 7.48. The van der Waals surface area contributed by atoms with Crippen molar-refractivity contribution in [1.29, 1.82) is 0 Å². The van der Waals surface area contributed by atoms with E-state index in [9.17, 15) is 16.8 Å². The van der Waals surface area contributed by atoms with Crippen LogP contribution in [0.1, 0.15) is 29.5 Å². The first-order valence-electron chi connectivity index (χ1n) is 13.8. The second-order valence-electron chi connectivity index (χ2n) is 10.1. The van der Waals surface area contributed by atoms with E-state index in [-0.39, 0.29) is 19.8 Å². The van der Waals surface area contributed by atoms with Crippen molar-refractivity contribution in [2.24, 2.45) is 0 Å². The van der Waals surface area contributed by atoms with Gasteiger partial charge in [-0.1, -0.05) is 97.1 Å². The summed E-state index contributed by atoms with van der Waals surface area (Å²) in [5.41, 5.74) is 2.50. The first-order chi connectivity index (χ1) is 20.5. The van der Waals surface area contributed by atoms with Crippen LogP contribution in [0.4, 0.5) is 0 Å². The van der Waals surface area contributed by atoms with Gasteiger partial charge in [-0.05, 0) is 29.5 Å². The van der Waals surface area contributed by atoms with Crippen LogP contribution in [-0.2, 0) is 62.6 Å². The highest BCUT2D eigenvalue weighted by atomic mass is 32.2. The van der Waals surface area contributed by atoms with E-state index in [0.717, 1.165) is 29.2 Å². The number of rotatable bonds is 20. The summed E-state index contributed by atoms with van der Waals surface area (Å²) in [6, 6.07) is 28.0. The quantitative estimate of drug-likeness (QED) is 0.125. The minimum Gasteiger partial charge on any atom is -0.371 e. The SMILES string of the molecule is C=CCC[C@H](OCc1ccccc1)[C@@H](OS(C)(=O)=O)[C@@H](OCc1ccccc1)[C@H](COS(C)(=O)=O)OCc1ccccc1. The second kappa shape index (κ2) is 17.4. The zero-order valence-electron chi connectivity index (χ0n) is 24.5. The van der Waals surface area contributed by atoms with Gasteiger partial charge in [0, 0.05) is 0 Å². The van der Waals surface area contributed by atoms with E-state index in [1.807, 2.05) is 91.0 Å². The fraction of sp³-hybridized carbons (Fsp3) is 0.375. The molecule has 0 heterocycles. The molecule has 0 saturated heterocycles. The minimum atomic E-state index is -4.05. The average Bonchev–Trinajstić information content (AvgIpc) is 2.98. The fourth-order valence-electron chi connectivity index (χ4n) is 4.32. The molecule has 3 aromatic carbocycles. The van der Waals surface area contributed by atoms with Gasteiger partial charge >= 0.3 is 0 Å². The minimum absolute atomic E-state index is 0.0616. The molecule has 0 fully saturated rings. The summed E-state index contributed by atoms with van der Waals surface area (Å²) >= 11 is 0. The number of ether oxygens (including phenoxy) is 3. The van der Waals surface area contributed by atoms with Crippen molar-refractivity contribution in [2.45, 2.75) is 57.1 Å². The molecular formula is C32H40O9S2. The van der Waals surface area contributed by atoms with Crippen LogP contribution in [0.15, 0.2) is 104 Å². The molecule has 0 aliphatic carbocycles. The fourth-order valence-corrected chi connectivity index (χ4v) is 5.34. The van der Waals surface area contributed by atoms with E-state index in [2.05, 4.69) is 6.58 Å². The Kier molecular flexibility index (Phi) is 14.0. The molecule has 0 N–H and O–H groups in total. The molecule has 0 aliphatic rings. The summed E-state index contributed by atoms with van der Waals surface area (Å²) in [5.74, 6) is 0. The molecule has 0 aliphatic heterocycles. The largest absolute Gasteiger partial charge is 0.371 e. The molecule has 0 spiro atoms. The number of benzene rings is 3. The van der Waals surface area contributed by atoms with E-state index in [1.54, 1.807) is 6.08 Å². The van der Waals surface area contributed by atoms with Gasteiger partial charge in [-0.2, -0.15) is 16.8 Å². The third kappa shape index (κ3) is 13.5. The average molecular weight is 633 g/mol. The smallest absolute Gasteiger partial charge is 0.264 e. The highest BCUT2D eigenvalue weighted by molar-refractivity contribution is 7.86. The summed E-state index contributed by atoms with van der Waals surface area (Å²) < 4.78 is 79.3. The van der Waals surface area contributed by atoms with Crippen LogP contribution in [0.3, 0.4) is 0 Å². The molecular weight excluding hydrogens is 592 g/mol. The molecule has 9 nitrogen and oxygen atoms in total. The Morgan fingerprint density at radius 3 is 1.49 bits per heavy atom. The highest BCUT2D eigenvalue weighted by Crippen LogP contribution is 2.26. The number of hydrogen-bond acceptors (Lipinski definition) is 9. The van der Waals surface area contributed by atoms with Crippen molar-refractivity contribution >= 4 is 20.2 Å². The summed E-state index contributed by atoms with van der Waals surface area (Å²) in [4.78, 5) is 0. The molecule has 0 amide bonds. The Balaban J connectivity index is 2.03. The molecule has 3 rings (SSSR count). The maximum atomic E-state index is 12.7. The summed E-state index contributed by atoms with van der Waals surface area (Å²) in [6.45, 7) is 3.68. The van der Waals surface area contributed by atoms with Crippen molar-refractivity contribution in [3.63, 3.8) is 0 Å². The van der Waals surface area contributed by atoms with Gasteiger partial charge in [0.15, 0.2) is 0 Å². The van der Waals surface area contributed by atoms with Crippen LogP contribution in [0, 0.1) is 0 Å². The summed E-state index contributed by atoms with van der Waals surface area (Å²) in [5, 5.41) is 0. The van der Waals surface area contributed by atoms with Crippen molar-refractivity contribution < 1.29 is 39.4 Å². The Morgan fingerprint density at radius 2 is 1.07 bits per heavy atom. The van der Waals surface area contributed by atoms with Crippen LogP contribution in [0.5, 0.6) is 0 Å². The first kappa shape index (κ1) is 34.6. The van der Waals surface area contributed by atoms with Crippen molar-refractivity contribution in [1.82, 2.24) is 0 Å². The van der Waals surface area contributed by atoms with E-state index in [1.165, 1.54) is 0 Å². The first-order valence-corrected chi connectivity index (χ1v) is 17.5. The summed E-state index contributed by atoms with van der Waals surface area (Å²) in [7, 11) is -7.93. The van der Waals surface area contributed by atoms with Crippen LogP contribution in [-0.4, -0.2) is 60.4 Å². The van der Waals surface area contributed by atoms with E-state index < -0.39 is 51.3 Å². The molecule has 0 aromatic heterocycles. The van der Waals surface area contributed by atoms with Gasteiger partial charge in [0.05, 0.1) is 45.0 Å². The predicted molar refractivity (Wildman–Crippen MR) is 165 cm³/mol. The van der Waals surface area contributed by atoms with E-state index in [4.69, 9.17) is 22.6 Å². The van der Waals surface area contributed by atoms with Crippen LogP contribution >= 0.6 is 0 Å². The van der Waals surface area contributed by atoms with Crippen molar-refractivity contribution in [3.05, 3.63) is 120 Å². The number of allylic oxidation sites excluding steroid dienone is 1. The molecule has 3 aromatic rings. The topological polar surface area (TPSA) is 114 Å². The van der Waals surface area contributed by atoms with Gasteiger partial charge in [0.25, 0.3) is 20.2 Å². The van der Waals surface area contributed by atoms with E-state index >= 15 is 0 Å². The lowest BCUT2D eigenvalue weighted by atomic mass is 9.98. The lowest BCUT2D eigenvalue weighted by molar-refractivity contribution is -0.166. The molecule has 0 bridgehead atoms. The number of hydrogen-bond donors (Lipinski definition) is 0. The standard InChI is InChI=1S/C32H40O9S2/c1-4-5-21-29(37-22-26-15-9-6-10-16-26)32(41-43(3,35)36)31(39-24-28-19-13-8-14-20-28)30(25-40-42(2,33)34)38-23-27-17-11-7-12-18-27/h4,6-20,29-32H,1,5,21-25H2,2-3H3/t29-,30-,31-,32+/m0/s1. The Hall–Kier alpha value is -2.90. The Labute approximate surface area is 255 Å².